The van der Waals surface area contributed by atoms with E-state index in [4.69, 9.17) is 5.73 Å². The van der Waals surface area contributed by atoms with Gasteiger partial charge in [-0.1, -0.05) is 13.8 Å². The van der Waals surface area contributed by atoms with E-state index in [-0.39, 0.29) is 11.8 Å². The molecule has 1 aromatic carbocycles. The van der Waals surface area contributed by atoms with E-state index in [2.05, 4.69) is 36.2 Å². The lowest BCUT2D eigenvalue weighted by Crippen LogP contribution is -2.41. The maximum absolute atomic E-state index is 12.1. The number of piperidine rings is 1. The molecule has 0 saturated carbocycles. The van der Waals surface area contributed by atoms with Crippen molar-refractivity contribution < 1.29 is 4.79 Å². The second kappa shape index (κ2) is 7.34. The molecule has 1 fully saturated rings. The zero-order valence-electron chi connectivity index (χ0n) is 13.1. The van der Waals surface area contributed by atoms with Crippen LogP contribution in [0.1, 0.15) is 33.1 Å². The molecule has 0 bridgehead atoms. The Hall–Kier alpha value is -1.71. The molecule has 0 radical (unpaired) electrons. The molecule has 0 aliphatic carbocycles. The fourth-order valence-electron chi connectivity index (χ4n) is 2.71. The van der Waals surface area contributed by atoms with Gasteiger partial charge in [-0.15, -0.1) is 0 Å². The number of nitrogen functional groups attached to an aromatic ring is 1. The van der Waals surface area contributed by atoms with Gasteiger partial charge in [-0.05, 0) is 49.4 Å². The number of hydrogen-bond donors (Lipinski definition) is 2. The predicted octanol–water partition coefficient (Wildman–Crippen LogP) is 2.65. The molecule has 2 rings (SSSR count). The molecule has 3 N–H and O–H groups in total. The summed E-state index contributed by atoms with van der Waals surface area (Å²) in [5.74, 6) is 1.03. The molecular formula is C17H27N3O. The third-order valence-corrected chi connectivity index (χ3v) is 4.14. The molecule has 1 amide bonds. The summed E-state index contributed by atoms with van der Waals surface area (Å²) in [4.78, 5) is 14.5. The van der Waals surface area contributed by atoms with Gasteiger partial charge in [-0.3, -0.25) is 4.79 Å². The first-order chi connectivity index (χ1) is 10.1. The van der Waals surface area contributed by atoms with E-state index in [1.165, 1.54) is 5.69 Å². The van der Waals surface area contributed by atoms with Crippen molar-refractivity contribution >= 4 is 17.3 Å². The first-order valence-electron chi connectivity index (χ1n) is 7.94. The van der Waals surface area contributed by atoms with Gasteiger partial charge in [-0.25, -0.2) is 0 Å². The minimum Gasteiger partial charge on any atom is -0.399 e. The van der Waals surface area contributed by atoms with Crippen LogP contribution in [0.25, 0.3) is 0 Å². The second-order valence-electron chi connectivity index (χ2n) is 6.33. The smallest absolute Gasteiger partial charge is 0.223 e. The number of carbonyl (C=O) groups excluding carboxylic acids is 1. The maximum atomic E-state index is 12.1. The number of rotatable bonds is 5. The summed E-state index contributed by atoms with van der Waals surface area (Å²) in [5.41, 5.74) is 7.70. The molecule has 4 heteroatoms. The molecule has 4 nitrogen and oxygen atoms in total. The average molecular weight is 289 g/mol. The van der Waals surface area contributed by atoms with Crippen LogP contribution >= 0.6 is 0 Å². The summed E-state index contributed by atoms with van der Waals surface area (Å²) < 4.78 is 0. The van der Waals surface area contributed by atoms with Crippen molar-refractivity contribution in [2.24, 2.45) is 11.8 Å². The van der Waals surface area contributed by atoms with Crippen LogP contribution in [0.5, 0.6) is 0 Å². The Kier molecular flexibility index (Phi) is 5.48. The Bertz CT molecular complexity index is 448. The van der Waals surface area contributed by atoms with Crippen LogP contribution in [0.3, 0.4) is 0 Å². The van der Waals surface area contributed by atoms with E-state index in [1.807, 2.05) is 12.1 Å². The number of benzene rings is 1. The lowest BCUT2D eigenvalue weighted by atomic mass is 9.95. The largest absolute Gasteiger partial charge is 0.399 e. The van der Waals surface area contributed by atoms with Gasteiger partial charge in [0.1, 0.15) is 0 Å². The van der Waals surface area contributed by atoms with Gasteiger partial charge in [0.05, 0.1) is 0 Å². The molecule has 0 atom stereocenters. The second-order valence-corrected chi connectivity index (χ2v) is 6.33. The molecule has 1 aliphatic rings. The number of anilines is 2. The minimum absolute atomic E-state index is 0.169. The van der Waals surface area contributed by atoms with Crippen LogP contribution < -0.4 is 16.0 Å². The Labute approximate surface area is 127 Å². The topological polar surface area (TPSA) is 58.4 Å². The third kappa shape index (κ3) is 4.66. The number of amides is 1. The molecule has 1 aliphatic heterocycles. The lowest BCUT2D eigenvalue weighted by molar-refractivity contribution is -0.125. The lowest BCUT2D eigenvalue weighted by Gasteiger charge is -2.33. The Morgan fingerprint density at radius 1 is 1.29 bits per heavy atom. The highest BCUT2D eigenvalue weighted by Crippen LogP contribution is 2.24. The van der Waals surface area contributed by atoms with E-state index < -0.39 is 0 Å². The van der Waals surface area contributed by atoms with Gasteiger partial charge in [0, 0.05) is 36.9 Å². The first-order valence-corrected chi connectivity index (χ1v) is 7.94. The number of nitrogens with one attached hydrogen (secondary N) is 1. The molecule has 1 aromatic rings. The van der Waals surface area contributed by atoms with Gasteiger partial charge in [0.2, 0.25) is 5.91 Å². The van der Waals surface area contributed by atoms with Crippen molar-refractivity contribution in [1.82, 2.24) is 5.32 Å². The first kappa shape index (κ1) is 15.7. The molecule has 1 heterocycles. The number of carbonyl (C=O) groups is 1. The van der Waals surface area contributed by atoms with Crippen LogP contribution in [-0.4, -0.2) is 25.5 Å². The summed E-state index contributed by atoms with van der Waals surface area (Å²) in [7, 11) is 0. The zero-order valence-corrected chi connectivity index (χ0v) is 13.1. The minimum atomic E-state index is 0.169. The van der Waals surface area contributed by atoms with Crippen molar-refractivity contribution in [2.45, 2.75) is 33.1 Å². The summed E-state index contributed by atoms with van der Waals surface area (Å²) >= 11 is 0. The number of hydrogen-bond acceptors (Lipinski definition) is 3. The average Bonchev–Trinajstić information content (AvgIpc) is 2.48. The Morgan fingerprint density at radius 3 is 2.48 bits per heavy atom. The fourth-order valence-corrected chi connectivity index (χ4v) is 2.71. The van der Waals surface area contributed by atoms with E-state index in [9.17, 15) is 4.79 Å². The number of nitrogens with zero attached hydrogens (tertiary/aromatic N) is 1. The van der Waals surface area contributed by atoms with Crippen molar-refractivity contribution in [3.05, 3.63) is 24.3 Å². The Balaban J connectivity index is 1.77. The summed E-state index contributed by atoms with van der Waals surface area (Å²) in [6.45, 7) is 7.03. The SMILES string of the molecule is CC(C)CCNC(=O)C1CCN(c2ccc(N)cc2)CC1. The van der Waals surface area contributed by atoms with Gasteiger partial charge in [0.25, 0.3) is 0 Å². The van der Waals surface area contributed by atoms with Crippen LogP contribution in [-0.2, 0) is 4.79 Å². The number of nitrogens with two attached hydrogens (primary N) is 1. The molecule has 0 spiro atoms. The highest BCUT2D eigenvalue weighted by atomic mass is 16.1. The summed E-state index contributed by atoms with van der Waals surface area (Å²) in [6, 6.07) is 7.97. The standard InChI is InChI=1S/C17H27N3O/c1-13(2)7-10-19-17(21)14-8-11-20(12-9-14)16-5-3-15(18)4-6-16/h3-6,13-14H,7-12,18H2,1-2H3,(H,19,21). The highest BCUT2D eigenvalue weighted by Gasteiger charge is 2.24. The van der Waals surface area contributed by atoms with Crippen molar-refractivity contribution in [3.63, 3.8) is 0 Å². The van der Waals surface area contributed by atoms with E-state index in [0.717, 1.165) is 44.6 Å². The van der Waals surface area contributed by atoms with Gasteiger partial charge >= 0.3 is 0 Å². The fraction of sp³-hybridized carbons (Fsp3) is 0.588. The monoisotopic (exact) mass is 289 g/mol. The quantitative estimate of drug-likeness (QED) is 0.819. The van der Waals surface area contributed by atoms with Crippen molar-refractivity contribution in [1.29, 1.82) is 0 Å². The third-order valence-electron chi connectivity index (χ3n) is 4.14. The molecule has 0 unspecified atom stereocenters. The summed E-state index contributed by atoms with van der Waals surface area (Å²) in [6.07, 6.45) is 2.91. The highest BCUT2D eigenvalue weighted by molar-refractivity contribution is 5.79. The van der Waals surface area contributed by atoms with Crippen molar-refractivity contribution in [2.75, 3.05) is 30.3 Å². The van der Waals surface area contributed by atoms with E-state index in [0.29, 0.717) is 5.92 Å². The summed E-state index contributed by atoms with van der Waals surface area (Å²) in [5, 5.41) is 3.07. The van der Waals surface area contributed by atoms with Crippen LogP contribution in [0.2, 0.25) is 0 Å². The van der Waals surface area contributed by atoms with Crippen molar-refractivity contribution in [3.8, 4) is 0 Å². The van der Waals surface area contributed by atoms with Crippen LogP contribution in [0.4, 0.5) is 11.4 Å². The maximum Gasteiger partial charge on any atom is 0.223 e. The molecule has 0 aromatic heterocycles. The van der Waals surface area contributed by atoms with Gasteiger partial charge in [0.15, 0.2) is 0 Å². The zero-order chi connectivity index (χ0) is 15.2. The molecule has 21 heavy (non-hydrogen) atoms. The van der Waals surface area contributed by atoms with Gasteiger partial charge in [-0.2, -0.15) is 0 Å². The Morgan fingerprint density at radius 2 is 1.90 bits per heavy atom. The molecule has 1 saturated heterocycles. The van der Waals surface area contributed by atoms with E-state index in [1.54, 1.807) is 0 Å². The normalized spacial score (nSPS) is 16.2. The van der Waals surface area contributed by atoms with Crippen LogP contribution in [0, 0.1) is 11.8 Å². The predicted molar refractivity (Wildman–Crippen MR) is 88.3 cm³/mol. The molecule has 116 valence electrons. The molecular weight excluding hydrogens is 262 g/mol. The van der Waals surface area contributed by atoms with Crippen LogP contribution in [0.15, 0.2) is 24.3 Å². The van der Waals surface area contributed by atoms with Gasteiger partial charge < -0.3 is 16.0 Å². The van der Waals surface area contributed by atoms with E-state index >= 15 is 0 Å².